The predicted octanol–water partition coefficient (Wildman–Crippen LogP) is 10.5. The summed E-state index contributed by atoms with van der Waals surface area (Å²) in [6, 6.07) is -1.00. The molecule has 4 atom stereocenters. The summed E-state index contributed by atoms with van der Waals surface area (Å²) >= 11 is 0. The minimum absolute atomic E-state index is 0.0427. The van der Waals surface area contributed by atoms with Crippen LogP contribution in [-0.2, 0) is 18.4 Å². The number of phosphoric ester groups is 1. The Labute approximate surface area is 319 Å². The van der Waals surface area contributed by atoms with Crippen LogP contribution in [0.25, 0.3) is 0 Å². The second-order valence-corrected chi connectivity index (χ2v) is 15.8. The van der Waals surface area contributed by atoms with E-state index in [0.717, 1.165) is 44.9 Å². The van der Waals surface area contributed by atoms with Gasteiger partial charge in [-0.2, -0.15) is 0 Å². The average Bonchev–Trinajstić information content (AvgIpc) is 3.12. The van der Waals surface area contributed by atoms with Crippen molar-refractivity contribution in [3.8, 4) is 0 Å². The molecule has 0 fully saturated rings. The summed E-state index contributed by atoms with van der Waals surface area (Å²) in [6.45, 7) is 3.93. The summed E-state index contributed by atoms with van der Waals surface area (Å²) in [5.41, 5.74) is 5.35. The van der Waals surface area contributed by atoms with E-state index >= 15 is 0 Å². The molecule has 0 aromatic rings. The molecule has 306 valence electrons. The molecule has 0 radical (unpaired) electrons. The highest BCUT2D eigenvalue weighted by Gasteiger charge is 2.27. The van der Waals surface area contributed by atoms with Crippen LogP contribution in [0, 0.1) is 0 Å². The number of aliphatic hydroxyl groups is 2. The molecule has 0 spiro atoms. The van der Waals surface area contributed by atoms with Crippen LogP contribution in [0.1, 0.15) is 187 Å². The van der Waals surface area contributed by atoms with Gasteiger partial charge in [0.25, 0.3) is 0 Å². The fraction of sp³-hybridized carbons (Fsp3) is 0.833. The van der Waals surface area contributed by atoms with Crippen molar-refractivity contribution in [2.24, 2.45) is 5.73 Å². The lowest BCUT2D eigenvalue weighted by molar-refractivity contribution is -0.124. The largest absolute Gasteiger partial charge is 0.472 e. The lowest BCUT2D eigenvalue weighted by Crippen LogP contribution is -2.46. The highest BCUT2D eigenvalue weighted by atomic mass is 31.2. The zero-order valence-corrected chi connectivity index (χ0v) is 34.3. The van der Waals surface area contributed by atoms with E-state index < -0.39 is 38.6 Å². The van der Waals surface area contributed by atoms with Gasteiger partial charge in [0.2, 0.25) is 5.91 Å². The molecular weight excluding hydrogens is 675 g/mol. The first-order valence-corrected chi connectivity index (χ1v) is 22.7. The third-order valence-electron chi connectivity index (χ3n) is 9.25. The maximum Gasteiger partial charge on any atom is 0.472 e. The number of phosphoric acid groups is 1. The van der Waals surface area contributed by atoms with Gasteiger partial charge in [-0.15, -0.1) is 0 Å². The number of nitrogens with two attached hydrogens (primary N) is 1. The minimum Gasteiger partial charge on any atom is -0.393 e. The Bertz CT molecular complexity index is 930. The molecule has 52 heavy (non-hydrogen) atoms. The highest BCUT2D eigenvalue weighted by Crippen LogP contribution is 2.43. The van der Waals surface area contributed by atoms with E-state index in [1.54, 1.807) is 6.08 Å². The van der Waals surface area contributed by atoms with Crippen LogP contribution in [0.4, 0.5) is 0 Å². The van der Waals surface area contributed by atoms with Gasteiger partial charge in [-0.3, -0.25) is 13.8 Å². The van der Waals surface area contributed by atoms with Crippen LogP contribution in [0.15, 0.2) is 36.5 Å². The van der Waals surface area contributed by atoms with E-state index in [-0.39, 0.29) is 19.6 Å². The quantitative estimate of drug-likeness (QED) is 0.0236. The number of nitrogens with one attached hydrogen (secondary N) is 1. The molecule has 6 N–H and O–H groups in total. The fourth-order valence-electron chi connectivity index (χ4n) is 6.03. The second kappa shape index (κ2) is 38.0. The van der Waals surface area contributed by atoms with Crippen molar-refractivity contribution >= 4 is 13.7 Å². The minimum atomic E-state index is -4.41. The van der Waals surface area contributed by atoms with Crippen LogP contribution >= 0.6 is 7.82 Å². The number of hydrogen-bond donors (Lipinski definition) is 5. The average molecular weight is 757 g/mol. The molecule has 9 nitrogen and oxygen atoms in total. The Hall–Kier alpha value is -1.32. The van der Waals surface area contributed by atoms with Gasteiger partial charge in [0.1, 0.15) is 0 Å². The topological polar surface area (TPSA) is 151 Å². The first-order chi connectivity index (χ1) is 25.3. The van der Waals surface area contributed by atoms with Gasteiger partial charge in [0.05, 0.1) is 37.9 Å². The van der Waals surface area contributed by atoms with Gasteiger partial charge >= 0.3 is 7.82 Å². The standard InChI is InChI=1S/C42H81N2O7P/c1-3-5-7-9-11-13-15-16-17-18-19-20-21-22-24-26-28-30-32-34-41(46)40(38-51-52(48,49)50-36-35-43)44-42(47)37-39(45)33-31-29-27-25-23-14-12-10-8-6-4-2/h19-20,24,26,32,34,39-41,45-46H,3-18,21-23,25,27-31,33,35-38,43H2,1-2H3,(H,44,47)(H,48,49)/b20-19+,26-24+,34-32+. The van der Waals surface area contributed by atoms with Crippen molar-refractivity contribution in [2.45, 2.75) is 205 Å². The summed E-state index contributed by atoms with van der Waals surface area (Å²) < 4.78 is 22.0. The maximum atomic E-state index is 12.8. The zero-order valence-electron chi connectivity index (χ0n) is 33.4. The molecule has 1 amide bonds. The summed E-state index contributed by atoms with van der Waals surface area (Å²) in [5.74, 6) is -0.461. The van der Waals surface area contributed by atoms with E-state index in [9.17, 15) is 24.5 Å². The first-order valence-electron chi connectivity index (χ1n) is 21.2. The number of rotatable bonds is 39. The van der Waals surface area contributed by atoms with Crippen LogP contribution in [0.2, 0.25) is 0 Å². The van der Waals surface area contributed by atoms with Gasteiger partial charge in [-0.05, 0) is 44.9 Å². The Kier molecular flexibility index (Phi) is 37.0. The van der Waals surface area contributed by atoms with E-state index in [0.29, 0.717) is 12.8 Å². The normalized spacial score (nSPS) is 15.1. The number of carbonyl (C=O) groups excluding carboxylic acids is 1. The molecule has 0 heterocycles. The van der Waals surface area contributed by atoms with E-state index in [1.165, 1.54) is 109 Å². The molecular formula is C42H81N2O7P. The SMILES string of the molecule is CCCCCCCCCCC/C=C/CC/C=C/CC/C=C/C(O)C(COP(=O)(O)OCCN)NC(=O)CC(O)CCCCCCCCCCCCC. The van der Waals surface area contributed by atoms with Gasteiger partial charge in [-0.1, -0.05) is 172 Å². The third-order valence-corrected chi connectivity index (χ3v) is 10.2. The summed E-state index contributed by atoms with van der Waals surface area (Å²) in [6.07, 6.45) is 40.9. The molecule has 0 saturated heterocycles. The van der Waals surface area contributed by atoms with Crippen LogP contribution in [0.3, 0.4) is 0 Å². The molecule has 0 aliphatic carbocycles. The maximum absolute atomic E-state index is 12.8. The number of carbonyl (C=O) groups is 1. The third kappa shape index (κ3) is 35.7. The van der Waals surface area contributed by atoms with Crippen LogP contribution in [0.5, 0.6) is 0 Å². The van der Waals surface area contributed by atoms with Gasteiger partial charge < -0.3 is 26.2 Å². The Morgan fingerprint density at radius 1 is 0.654 bits per heavy atom. The highest BCUT2D eigenvalue weighted by molar-refractivity contribution is 7.47. The number of allylic oxidation sites excluding steroid dienone is 5. The number of aliphatic hydroxyl groups excluding tert-OH is 2. The van der Waals surface area contributed by atoms with E-state index in [4.69, 9.17) is 14.8 Å². The van der Waals surface area contributed by atoms with E-state index in [1.807, 2.05) is 6.08 Å². The van der Waals surface area contributed by atoms with Gasteiger partial charge in [-0.25, -0.2) is 4.57 Å². The zero-order chi connectivity index (χ0) is 38.4. The molecule has 0 aromatic carbocycles. The van der Waals surface area contributed by atoms with Crippen LogP contribution in [-0.4, -0.2) is 59.0 Å². The second-order valence-electron chi connectivity index (χ2n) is 14.4. The first kappa shape index (κ1) is 50.7. The van der Waals surface area contributed by atoms with Crippen LogP contribution < -0.4 is 11.1 Å². The molecule has 4 unspecified atom stereocenters. The van der Waals surface area contributed by atoms with Crippen molar-refractivity contribution in [2.75, 3.05) is 19.8 Å². The van der Waals surface area contributed by atoms with Crippen molar-refractivity contribution < 1.29 is 33.5 Å². The Balaban J connectivity index is 4.43. The molecule has 0 bridgehead atoms. The fourth-order valence-corrected chi connectivity index (χ4v) is 6.79. The van der Waals surface area contributed by atoms with Crippen molar-refractivity contribution in [1.82, 2.24) is 5.32 Å². The lowest BCUT2D eigenvalue weighted by Gasteiger charge is -2.24. The van der Waals surface area contributed by atoms with Gasteiger partial charge in [0, 0.05) is 6.54 Å². The number of hydrogen-bond acceptors (Lipinski definition) is 7. The van der Waals surface area contributed by atoms with Crippen molar-refractivity contribution in [1.29, 1.82) is 0 Å². The molecule has 0 aromatic heterocycles. The van der Waals surface area contributed by atoms with E-state index in [2.05, 4.69) is 43.5 Å². The molecule has 0 rings (SSSR count). The summed E-state index contributed by atoms with van der Waals surface area (Å²) in [7, 11) is -4.41. The molecule has 0 saturated carbocycles. The van der Waals surface area contributed by atoms with Gasteiger partial charge in [0.15, 0.2) is 0 Å². The molecule has 10 heteroatoms. The predicted molar refractivity (Wildman–Crippen MR) is 218 cm³/mol. The Morgan fingerprint density at radius 2 is 1.10 bits per heavy atom. The van der Waals surface area contributed by atoms with Crippen molar-refractivity contribution in [3.63, 3.8) is 0 Å². The number of unbranched alkanes of at least 4 members (excludes halogenated alkanes) is 21. The lowest BCUT2D eigenvalue weighted by atomic mass is 10.0. The molecule has 0 aliphatic heterocycles. The Morgan fingerprint density at radius 3 is 1.60 bits per heavy atom. The monoisotopic (exact) mass is 757 g/mol. The summed E-state index contributed by atoms with van der Waals surface area (Å²) in [4.78, 5) is 22.7. The number of amides is 1. The smallest absolute Gasteiger partial charge is 0.393 e. The summed E-state index contributed by atoms with van der Waals surface area (Å²) in [5, 5.41) is 23.9. The van der Waals surface area contributed by atoms with Crippen molar-refractivity contribution in [3.05, 3.63) is 36.5 Å². The molecule has 0 aliphatic rings.